The van der Waals surface area contributed by atoms with Gasteiger partial charge in [-0.1, -0.05) is 0 Å². The summed E-state index contributed by atoms with van der Waals surface area (Å²) in [6.45, 7) is 3.59. The van der Waals surface area contributed by atoms with Crippen LogP contribution in [0, 0.1) is 13.8 Å². The van der Waals surface area contributed by atoms with Crippen LogP contribution >= 0.6 is 0 Å². The van der Waals surface area contributed by atoms with Gasteiger partial charge in [-0.3, -0.25) is 0 Å². The minimum atomic E-state index is -3.56. The van der Waals surface area contributed by atoms with E-state index in [2.05, 4.69) is 0 Å². The zero-order valence-electron chi connectivity index (χ0n) is 10.8. The van der Waals surface area contributed by atoms with Gasteiger partial charge in [-0.15, -0.1) is 0 Å². The summed E-state index contributed by atoms with van der Waals surface area (Å²) in [5.41, 5.74) is 14.0. The summed E-state index contributed by atoms with van der Waals surface area (Å²) in [4.78, 5) is 0.429. The van der Waals surface area contributed by atoms with Crippen molar-refractivity contribution in [3.8, 4) is 0 Å². The van der Waals surface area contributed by atoms with E-state index in [4.69, 9.17) is 11.5 Å². The van der Waals surface area contributed by atoms with Crippen molar-refractivity contribution >= 4 is 21.2 Å². The van der Waals surface area contributed by atoms with Gasteiger partial charge in [0.15, 0.2) is 0 Å². The molecule has 5 heteroatoms. The lowest BCUT2D eigenvalue weighted by Gasteiger charge is -2.08. The first kappa shape index (κ1) is 13.4. The number of benzene rings is 2. The van der Waals surface area contributed by atoms with Gasteiger partial charge in [0, 0.05) is 11.4 Å². The van der Waals surface area contributed by atoms with Crippen molar-refractivity contribution in [2.24, 2.45) is 0 Å². The van der Waals surface area contributed by atoms with Gasteiger partial charge in [0.2, 0.25) is 9.84 Å². The van der Waals surface area contributed by atoms with E-state index in [1.54, 1.807) is 31.2 Å². The molecule has 2 aromatic rings. The predicted octanol–water partition coefficient (Wildman–Crippen LogP) is 2.30. The van der Waals surface area contributed by atoms with Crippen LogP contribution in [0.4, 0.5) is 11.4 Å². The molecule has 0 fully saturated rings. The van der Waals surface area contributed by atoms with Gasteiger partial charge in [-0.2, -0.15) is 0 Å². The minimum absolute atomic E-state index is 0.203. The molecule has 2 rings (SSSR count). The number of aryl methyl sites for hydroxylation is 2. The normalized spacial score (nSPS) is 11.5. The highest BCUT2D eigenvalue weighted by Gasteiger charge is 2.18. The van der Waals surface area contributed by atoms with Crippen LogP contribution in [0.15, 0.2) is 46.2 Å². The predicted molar refractivity (Wildman–Crippen MR) is 76.6 cm³/mol. The summed E-state index contributed by atoms with van der Waals surface area (Å²) in [5.74, 6) is 0. The van der Waals surface area contributed by atoms with Crippen LogP contribution < -0.4 is 11.5 Å². The number of anilines is 2. The molecule has 0 aromatic heterocycles. The first-order chi connectivity index (χ1) is 8.80. The summed E-state index contributed by atoms with van der Waals surface area (Å²) in [5, 5.41) is 0. The number of nitrogens with two attached hydrogens (primary N) is 2. The van der Waals surface area contributed by atoms with Crippen molar-refractivity contribution in [2.45, 2.75) is 23.6 Å². The third-order valence-corrected chi connectivity index (χ3v) is 4.67. The van der Waals surface area contributed by atoms with Crippen molar-refractivity contribution in [1.29, 1.82) is 0 Å². The summed E-state index contributed by atoms with van der Waals surface area (Å²) in [7, 11) is -3.56. The van der Waals surface area contributed by atoms with Gasteiger partial charge < -0.3 is 11.5 Å². The fourth-order valence-corrected chi connectivity index (χ4v) is 3.37. The number of rotatable bonds is 2. The van der Waals surface area contributed by atoms with Crippen molar-refractivity contribution < 1.29 is 8.42 Å². The molecule has 0 saturated carbocycles. The molecule has 0 spiro atoms. The zero-order valence-corrected chi connectivity index (χ0v) is 11.7. The average molecular weight is 276 g/mol. The highest BCUT2D eigenvalue weighted by molar-refractivity contribution is 7.91. The minimum Gasteiger partial charge on any atom is -0.399 e. The van der Waals surface area contributed by atoms with E-state index in [0.29, 0.717) is 11.4 Å². The van der Waals surface area contributed by atoms with Gasteiger partial charge in [0.05, 0.1) is 9.79 Å². The fraction of sp³-hybridized carbons (Fsp3) is 0.143. The Kier molecular flexibility index (Phi) is 3.24. The van der Waals surface area contributed by atoms with Crippen molar-refractivity contribution in [3.05, 3.63) is 47.5 Å². The first-order valence-electron chi connectivity index (χ1n) is 5.79. The van der Waals surface area contributed by atoms with Crippen LogP contribution in [0.25, 0.3) is 0 Å². The second-order valence-corrected chi connectivity index (χ2v) is 6.55. The van der Waals surface area contributed by atoms with Crippen molar-refractivity contribution in [3.63, 3.8) is 0 Å². The quantitative estimate of drug-likeness (QED) is 0.824. The van der Waals surface area contributed by atoms with Gasteiger partial charge in [-0.05, 0) is 61.4 Å². The molecule has 0 aliphatic carbocycles. The lowest BCUT2D eigenvalue weighted by Crippen LogP contribution is -2.04. The Balaban J connectivity index is 2.61. The standard InChI is InChI=1S/C14H16N2O2S/c1-9-5-11(15)8-13(6-9)19(17,18)12-3-4-14(16)10(2)7-12/h3-8H,15-16H2,1-2H3. The molecule has 100 valence electrons. The Hall–Kier alpha value is -2.01. The largest absolute Gasteiger partial charge is 0.399 e. The van der Waals surface area contributed by atoms with Crippen LogP contribution in [0.3, 0.4) is 0 Å². The van der Waals surface area contributed by atoms with Gasteiger partial charge in [0.25, 0.3) is 0 Å². The van der Waals surface area contributed by atoms with Crippen LogP contribution in [0.1, 0.15) is 11.1 Å². The summed E-state index contributed by atoms with van der Waals surface area (Å²) in [6.07, 6.45) is 0. The second-order valence-electron chi connectivity index (χ2n) is 4.60. The molecule has 4 nitrogen and oxygen atoms in total. The smallest absolute Gasteiger partial charge is 0.206 e. The molecule has 0 aliphatic heterocycles. The van der Waals surface area contributed by atoms with E-state index in [9.17, 15) is 8.42 Å². The SMILES string of the molecule is Cc1cc(N)cc(S(=O)(=O)c2ccc(N)c(C)c2)c1. The van der Waals surface area contributed by atoms with E-state index >= 15 is 0 Å². The third kappa shape index (κ3) is 2.56. The molecule has 19 heavy (non-hydrogen) atoms. The molecule has 2 aromatic carbocycles. The van der Waals surface area contributed by atoms with Gasteiger partial charge >= 0.3 is 0 Å². The summed E-state index contributed by atoms with van der Waals surface area (Å²) in [6, 6.07) is 9.49. The monoisotopic (exact) mass is 276 g/mol. The molecule has 0 heterocycles. The van der Waals surface area contributed by atoms with E-state index in [-0.39, 0.29) is 9.79 Å². The Morgan fingerprint density at radius 3 is 2.16 bits per heavy atom. The van der Waals surface area contributed by atoms with Gasteiger partial charge in [-0.25, -0.2) is 8.42 Å². The Morgan fingerprint density at radius 2 is 1.58 bits per heavy atom. The topological polar surface area (TPSA) is 86.2 Å². The Bertz CT molecular complexity index is 717. The Morgan fingerprint density at radius 1 is 0.895 bits per heavy atom. The van der Waals surface area contributed by atoms with Gasteiger partial charge in [0.1, 0.15) is 0 Å². The summed E-state index contributed by atoms with van der Waals surface area (Å²) >= 11 is 0. The maximum atomic E-state index is 12.5. The van der Waals surface area contributed by atoms with Crippen LogP contribution in [-0.2, 0) is 9.84 Å². The molecular weight excluding hydrogens is 260 g/mol. The molecule has 0 atom stereocenters. The van der Waals surface area contributed by atoms with Crippen LogP contribution in [0.5, 0.6) is 0 Å². The van der Waals surface area contributed by atoms with E-state index in [1.165, 1.54) is 12.1 Å². The zero-order chi connectivity index (χ0) is 14.2. The number of nitrogen functional groups attached to an aromatic ring is 2. The highest BCUT2D eigenvalue weighted by atomic mass is 32.2. The van der Waals surface area contributed by atoms with Crippen molar-refractivity contribution in [2.75, 3.05) is 11.5 Å². The number of hydrogen-bond acceptors (Lipinski definition) is 4. The highest BCUT2D eigenvalue weighted by Crippen LogP contribution is 2.26. The van der Waals surface area contributed by atoms with Crippen LogP contribution in [0.2, 0.25) is 0 Å². The maximum Gasteiger partial charge on any atom is 0.206 e. The second kappa shape index (κ2) is 4.59. The fourth-order valence-electron chi connectivity index (χ4n) is 1.88. The van der Waals surface area contributed by atoms with Crippen LogP contribution in [-0.4, -0.2) is 8.42 Å². The third-order valence-electron chi connectivity index (χ3n) is 2.94. The average Bonchev–Trinajstić information content (AvgIpc) is 2.31. The van der Waals surface area contributed by atoms with Crippen molar-refractivity contribution in [1.82, 2.24) is 0 Å². The maximum absolute atomic E-state index is 12.5. The lowest BCUT2D eigenvalue weighted by molar-refractivity contribution is 0.596. The number of sulfone groups is 1. The number of hydrogen-bond donors (Lipinski definition) is 2. The molecular formula is C14H16N2O2S. The molecule has 0 bridgehead atoms. The first-order valence-corrected chi connectivity index (χ1v) is 7.27. The molecule has 4 N–H and O–H groups in total. The molecule has 0 saturated heterocycles. The van der Waals surface area contributed by atoms with E-state index < -0.39 is 9.84 Å². The Labute approximate surface area is 113 Å². The van der Waals surface area contributed by atoms with E-state index in [1.807, 2.05) is 6.92 Å². The molecule has 0 radical (unpaired) electrons. The lowest BCUT2D eigenvalue weighted by atomic mass is 10.2. The molecule has 0 unspecified atom stereocenters. The molecule has 0 aliphatic rings. The van der Waals surface area contributed by atoms with E-state index in [0.717, 1.165) is 11.1 Å². The molecule has 0 amide bonds. The summed E-state index contributed by atoms with van der Waals surface area (Å²) < 4.78 is 25.0.